The summed E-state index contributed by atoms with van der Waals surface area (Å²) in [6.07, 6.45) is 2.97. The number of anilines is 1. The lowest BCUT2D eigenvalue weighted by molar-refractivity contribution is 0.554. The van der Waals surface area contributed by atoms with Crippen LogP contribution in [0.2, 0.25) is 0 Å². The van der Waals surface area contributed by atoms with Crippen molar-refractivity contribution in [3.05, 3.63) is 59.8 Å². The van der Waals surface area contributed by atoms with Gasteiger partial charge in [-0.3, -0.25) is 5.10 Å². The molecule has 0 fully saturated rings. The molecule has 0 bridgehead atoms. The van der Waals surface area contributed by atoms with Gasteiger partial charge < -0.3 is 16.9 Å². The van der Waals surface area contributed by atoms with Gasteiger partial charge in [0.2, 0.25) is 0 Å². The Morgan fingerprint density at radius 1 is 1.08 bits per heavy atom. The minimum Gasteiger partial charge on any atom is -0.398 e. The van der Waals surface area contributed by atoms with Gasteiger partial charge in [0, 0.05) is 34.8 Å². The van der Waals surface area contributed by atoms with E-state index in [1.807, 2.05) is 56.3 Å². The van der Waals surface area contributed by atoms with Crippen LogP contribution in [-0.4, -0.2) is 16.4 Å². The fraction of sp³-hybridized carbons (Fsp3) is 0.158. The van der Waals surface area contributed by atoms with Crippen LogP contribution in [0.4, 0.5) is 5.69 Å². The molecular weight excluding hydrogens is 298 g/mol. The molecule has 1 aromatic heterocycles. The predicted octanol–water partition coefficient (Wildman–Crippen LogP) is 3.52. The number of nitrogens with zero attached hydrogens (tertiary/aromatic N) is 1. The van der Waals surface area contributed by atoms with Crippen molar-refractivity contribution in [3.63, 3.8) is 0 Å². The van der Waals surface area contributed by atoms with E-state index in [4.69, 9.17) is 16.9 Å². The zero-order chi connectivity index (χ0) is 17.3. The van der Waals surface area contributed by atoms with Gasteiger partial charge in [-0.05, 0) is 42.7 Å². The first-order chi connectivity index (χ1) is 11.4. The first-order valence-electron chi connectivity index (χ1n) is 7.74. The monoisotopic (exact) mass is 319 g/mol. The van der Waals surface area contributed by atoms with Crippen molar-refractivity contribution in [2.75, 3.05) is 5.73 Å². The van der Waals surface area contributed by atoms with Crippen molar-refractivity contribution in [2.24, 2.45) is 5.73 Å². The molecule has 0 atom stereocenters. The van der Waals surface area contributed by atoms with Gasteiger partial charge in [-0.15, -0.1) is 0 Å². The number of hydrogen-bond donors (Lipinski definition) is 4. The van der Waals surface area contributed by atoms with Crippen molar-refractivity contribution >= 4 is 11.9 Å². The number of aromatic amines is 1. The number of nitrogens with one attached hydrogen (secondary N) is 2. The molecule has 0 saturated heterocycles. The van der Waals surface area contributed by atoms with Crippen molar-refractivity contribution in [2.45, 2.75) is 19.4 Å². The van der Waals surface area contributed by atoms with Crippen molar-refractivity contribution < 1.29 is 0 Å². The molecule has 24 heavy (non-hydrogen) atoms. The first kappa shape index (κ1) is 16.0. The average molecular weight is 319 g/mol. The summed E-state index contributed by atoms with van der Waals surface area (Å²) < 4.78 is 0. The third kappa shape index (κ3) is 2.81. The summed E-state index contributed by atoms with van der Waals surface area (Å²) in [5.74, 6) is 0. The summed E-state index contributed by atoms with van der Waals surface area (Å²) in [6, 6.07) is 13.8. The van der Waals surface area contributed by atoms with Gasteiger partial charge in [-0.1, -0.05) is 30.3 Å². The SMILES string of the molecule is CC(C)(N)c1ccc(-c2ccc(N)c(C=N)c2-c2ccn[nH]2)cc1. The van der Waals surface area contributed by atoms with Crippen LogP contribution in [0.15, 0.2) is 48.7 Å². The summed E-state index contributed by atoms with van der Waals surface area (Å²) in [5, 5.41) is 14.7. The maximum absolute atomic E-state index is 7.75. The molecule has 0 amide bonds. The van der Waals surface area contributed by atoms with Gasteiger partial charge in [0.15, 0.2) is 0 Å². The molecule has 0 aliphatic carbocycles. The Labute approximate surface area is 141 Å². The molecule has 0 spiro atoms. The van der Waals surface area contributed by atoms with Gasteiger partial charge in [0.25, 0.3) is 0 Å². The molecule has 5 nitrogen and oxygen atoms in total. The van der Waals surface area contributed by atoms with E-state index in [1.54, 1.807) is 6.20 Å². The first-order valence-corrected chi connectivity index (χ1v) is 7.74. The molecule has 6 N–H and O–H groups in total. The van der Waals surface area contributed by atoms with Crippen LogP contribution < -0.4 is 11.5 Å². The third-order valence-electron chi connectivity index (χ3n) is 4.13. The topological polar surface area (TPSA) is 105 Å². The zero-order valence-electron chi connectivity index (χ0n) is 13.8. The van der Waals surface area contributed by atoms with Gasteiger partial charge >= 0.3 is 0 Å². The maximum Gasteiger partial charge on any atom is 0.0663 e. The van der Waals surface area contributed by atoms with Crippen LogP contribution >= 0.6 is 0 Å². The van der Waals surface area contributed by atoms with Crippen molar-refractivity contribution in [3.8, 4) is 22.4 Å². The standard InChI is InChI=1S/C19H21N5/c1-19(2,22)13-5-3-12(4-6-13)14-7-8-16(21)15(11-20)18(14)17-9-10-23-24-17/h3-11,20H,21-22H2,1-2H3,(H,23,24). The van der Waals surface area contributed by atoms with Crippen LogP contribution in [0.3, 0.4) is 0 Å². The van der Waals surface area contributed by atoms with Crippen LogP contribution in [0.5, 0.6) is 0 Å². The lowest BCUT2D eigenvalue weighted by Crippen LogP contribution is -2.28. The average Bonchev–Trinajstić information content (AvgIpc) is 3.08. The summed E-state index contributed by atoms with van der Waals surface area (Å²) >= 11 is 0. The van der Waals surface area contributed by atoms with Crippen molar-refractivity contribution in [1.29, 1.82) is 5.41 Å². The number of rotatable bonds is 4. The molecule has 3 rings (SSSR count). The second kappa shape index (κ2) is 5.94. The molecule has 122 valence electrons. The van der Waals surface area contributed by atoms with Gasteiger partial charge in [0.05, 0.1) is 5.69 Å². The molecule has 1 heterocycles. The number of nitrogen functional groups attached to an aromatic ring is 1. The maximum atomic E-state index is 7.75. The van der Waals surface area contributed by atoms with E-state index in [-0.39, 0.29) is 5.54 Å². The second-order valence-electron chi connectivity index (χ2n) is 6.40. The minimum atomic E-state index is -0.383. The highest BCUT2D eigenvalue weighted by molar-refractivity contribution is 6.00. The minimum absolute atomic E-state index is 0.383. The van der Waals surface area contributed by atoms with E-state index in [1.165, 1.54) is 6.21 Å². The smallest absolute Gasteiger partial charge is 0.0663 e. The molecule has 0 unspecified atom stereocenters. The Balaban J connectivity index is 2.20. The van der Waals surface area contributed by atoms with E-state index in [2.05, 4.69) is 10.2 Å². The summed E-state index contributed by atoms with van der Waals surface area (Å²) in [4.78, 5) is 0. The largest absolute Gasteiger partial charge is 0.398 e. The molecular formula is C19H21N5. The molecule has 0 saturated carbocycles. The molecule has 0 radical (unpaired) electrons. The van der Waals surface area contributed by atoms with Crippen LogP contribution in [0.25, 0.3) is 22.4 Å². The summed E-state index contributed by atoms with van der Waals surface area (Å²) in [7, 11) is 0. The number of benzene rings is 2. The zero-order valence-corrected chi connectivity index (χ0v) is 13.8. The van der Waals surface area contributed by atoms with E-state index in [0.29, 0.717) is 11.3 Å². The number of hydrogen-bond acceptors (Lipinski definition) is 4. The van der Waals surface area contributed by atoms with Gasteiger partial charge in [-0.25, -0.2) is 0 Å². The Hall–Kier alpha value is -2.92. The van der Waals surface area contributed by atoms with Gasteiger partial charge in [-0.2, -0.15) is 5.10 Å². The fourth-order valence-electron chi connectivity index (χ4n) is 2.80. The van der Waals surface area contributed by atoms with E-state index >= 15 is 0 Å². The van der Waals surface area contributed by atoms with E-state index < -0.39 is 0 Å². The van der Waals surface area contributed by atoms with Crippen LogP contribution in [0.1, 0.15) is 25.0 Å². The molecule has 2 aromatic carbocycles. The Morgan fingerprint density at radius 3 is 2.33 bits per heavy atom. The van der Waals surface area contributed by atoms with Crippen LogP contribution in [-0.2, 0) is 5.54 Å². The Morgan fingerprint density at radius 2 is 1.79 bits per heavy atom. The van der Waals surface area contributed by atoms with E-state index in [9.17, 15) is 0 Å². The Kier molecular flexibility index (Phi) is 3.95. The quantitative estimate of drug-likeness (QED) is 0.437. The van der Waals surface area contributed by atoms with Crippen LogP contribution in [0, 0.1) is 5.41 Å². The molecule has 3 aromatic rings. The third-order valence-corrected chi connectivity index (χ3v) is 4.13. The highest BCUT2D eigenvalue weighted by Crippen LogP contribution is 2.36. The van der Waals surface area contributed by atoms with Gasteiger partial charge in [0.1, 0.15) is 0 Å². The molecule has 0 aliphatic rings. The summed E-state index contributed by atoms with van der Waals surface area (Å²) in [5.41, 5.74) is 17.9. The lowest BCUT2D eigenvalue weighted by Gasteiger charge is -2.20. The lowest BCUT2D eigenvalue weighted by atomic mass is 9.90. The predicted molar refractivity (Wildman–Crippen MR) is 99.0 cm³/mol. The van der Waals surface area contributed by atoms with E-state index in [0.717, 1.165) is 27.9 Å². The fourth-order valence-corrected chi connectivity index (χ4v) is 2.80. The van der Waals surface area contributed by atoms with Crippen molar-refractivity contribution in [1.82, 2.24) is 10.2 Å². The number of nitrogens with two attached hydrogens (primary N) is 2. The molecule has 5 heteroatoms. The Bertz CT molecular complexity index is 856. The number of H-pyrrole nitrogens is 1. The highest BCUT2D eigenvalue weighted by atomic mass is 15.1. The highest BCUT2D eigenvalue weighted by Gasteiger charge is 2.17. The summed E-state index contributed by atoms with van der Waals surface area (Å²) in [6.45, 7) is 3.96. The normalized spacial score (nSPS) is 11.5. The number of aromatic nitrogens is 2. The molecule has 0 aliphatic heterocycles. The second-order valence-corrected chi connectivity index (χ2v) is 6.40.